The molecule has 0 bridgehead atoms. The van der Waals surface area contributed by atoms with E-state index in [9.17, 15) is 9.50 Å². The first-order chi connectivity index (χ1) is 8.75. The number of aromatic hydroxyl groups is 1. The van der Waals surface area contributed by atoms with Crippen molar-refractivity contribution in [2.75, 3.05) is 5.75 Å². The molecule has 3 rings (SSSR count). The van der Waals surface area contributed by atoms with Gasteiger partial charge in [-0.05, 0) is 30.7 Å². The lowest BCUT2D eigenvalue weighted by Crippen LogP contribution is -1.91. The zero-order chi connectivity index (χ0) is 12.5. The SMILES string of the molecule is Oc1cccc(F)c1-c1nc(C2CCCS2)no1. The smallest absolute Gasteiger partial charge is 0.264 e. The van der Waals surface area contributed by atoms with Gasteiger partial charge in [-0.15, -0.1) is 0 Å². The lowest BCUT2D eigenvalue weighted by molar-refractivity contribution is 0.413. The molecule has 1 atom stereocenters. The molecule has 0 aliphatic carbocycles. The summed E-state index contributed by atoms with van der Waals surface area (Å²) in [5.41, 5.74) is -0.0285. The van der Waals surface area contributed by atoms with Crippen molar-refractivity contribution in [3.05, 3.63) is 29.8 Å². The summed E-state index contributed by atoms with van der Waals surface area (Å²) in [5.74, 6) is 0.941. The molecule has 1 unspecified atom stereocenters. The highest BCUT2D eigenvalue weighted by Gasteiger charge is 2.25. The fourth-order valence-corrected chi connectivity index (χ4v) is 3.17. The van der Waals surface area contributed by atoms with Crippen LogP contribution in [-0.4, -0.2) is 21.0 Å². The van der Waals surface area contributed by atoms with Gasteiger partial charge in [0.2, 0.25) is 0 Å². The first kappa shape index (κ1) is 11.5. The van der Waals surface area contributed by atoms with E-state index in [1.165, 1.54) is 18.2 Å². The molecule has 0 radical (unpaired) electrons. The van der Waals surface area contributed by atoms with Crippen LogP contribution < -0.4 is 0 Å². The van der Waals surface area contributed by atoms with E-state index < -0.39 is 5.82 Å². The summed E-state index contributed by atoms with van der Waals surface area (Å²) in [7, 11) is 0. The predicted molar refractivity (Wildman–Crippen MR) is 65.8 cm³/mol. The van der Waals surface area contributed by atoms with Crippen molar-refractivity contribution in [2.24, 2.45) is 0 Å². The van der Waals surface area contributed by atoms with Crippen molar-refractivity contribution >= 4 is 11.8 Å². The van der Waals surface area contributed by atoms with Crippen LogP contribution >= 0.6 is 11.8 Å². The molecule has 4 nitrogen and oxygen atoms in total. The van der Waals surface area contributed by atoms with E-state index in [2.05, 4.69) is 10.1 Å². The van der Waals surface area contributed by atoms with Gasteiger partial charge in [-0.25, -0.2) is 4.39 Å². The first-order valence-electron chi connectivity index (χ1n) is 5.69. The van der Waals surface area contributed by atoms with Gasteiger partial charge in [0.25, 0.3) is 5.89 Å². The summed E-state index contributed by atoms with van der Waals surface area (Å²) < 4.78 is 18.7. The maximum Gasteiger partial charge on any atom is 0.264 e. The van der Waals surface area contributed by atoms with E-state index >= 15 is 0 Å². The van der Waals surface area contributed by atoms with Crippen LogP contribution in [0.2, 0.25) is 0 Å². The molecule has 6 heteroatoms. The molecule has 0 saturated carbocycles. The number of phenols is 1. The van der Waals surface area contributed by atoms with Gasteiger partial charge in [-0.3, -0.25) is 0 Å². The number of hydrogen-bond donors (Lipinski definition) is 1. The van der Waals surface area contributed by atoms with Gasteiger partial charge in [-0.2, -0.15) is 16.7 Å². The Hall–Kier alpha value is -1.56. The summed E-state index contributed by atoms with van der Waals surface area (Å²) in [6, 6.07) is 4.08. The van der Waals surface area contributed by atoms with Crippen LogP contribution in [0.4, 0.5) is 4.39 Å². The second kappa shape index (κ2) is 4.61. The highest BCUT2D eigenvalue weighted by atomic mass is 32.2. The summed E-state index contributed by atoms with van der Waals surface area (Å²) in [6.45, 7) is 0. The number of aromatic nitrogens is 2. The molecule has 0 spiro atoms. The summed E-state index contributed by atoms with van der Waals surface area (Å²) >= 11 is 1.77. The number of phenolic OH excluding ortho intramolecular Hbond substituents is 1. The third kappa shape index (κ3) is 1.96. The molecule has 1 saturated heterocycles. The number of nitrogens with zero attached hydrogens (tertiary/aromatic N) is 2. The Morgan fingerprint density at radius 1 is 1.44 bits per heavy atom. The number of thioether (sulfide) groups is 1. The second-order valence-corrected chi connectivity index (χ2v) is 5.40. The average Bonchev–Trinajstić information content (AvgIpc) is 2.99. The Kier molecular flexibility index (Phi) is 2.95. The van der Waals surface area contributed by atoms with E-state index in [-0.39, 0.29) is 22.5 Å². The fraction of sp³-hybridized carbons (Fsp3) is 0.333. The maximum absolute atomic E-state index is 13.6. The van der Waals surface area contributed by atoms with Gasteiger partial charge in [0.15, 0.2) is 5.82 Å². The quantitative estimate of drug-likeness (QED) is 0.904. The third-order valence-corrected chi connectivity index (χ3v) is 4.24. The van der Waals surface area contributed by atoms with Crippen LogP contribution in [0.5, 0.6) is 5.75 Å². The molecule has 2 aromatic rings. The van der Waals surface area contributed by atoms with Crippen molar-refractivity contribution in [1.82, 2.24) is 10.1 Å². The normalized spacial score (nSPS) is 19.3. The van der Waals surface area contributed by atoms with Gasteiger partial charge in [0.05, 0.1) is 5.25 Å². The van der Waals surface area contributed by atoms with Crippen molar-refractivity contribution in [3.8, 4) is 17.2 Å². The van der Waals surface area contributed by atoms with Gasteiger partial charge < -0.3 is 9.63 Å². The van der Waals surface area contributed by atoms with Gasteiger partial charge in [0, 0.05) is 0 Å². The highest BCUT2D eigenvalue weighted by Crippen LogP contribution is 2.39. The molecule has 1 fully saturated rings. The lowest BCUT2D eigenvalue weighted by Gasteiger charge is -2.00. The molecule has 1 aliphatic heterocycles. The van der Waals surface area contributed by atoms with Crippen LogP contribution in [-0.2, 0) is 0 Å². The zero-order valence-corrected chi connectivity index (χ0v) is 10.3. The third-order valence-electron chi connectivity index (χ3n) is 2.86. The minimum atomic E-state index is -0.565. The summed E-state index contributed by atoms with van der Waals surface area (Å²) in [4.78, 5) is 4.19. The molecular formula is C12H11FN2O2S. The van der Waals surface area contributed by atoms with Crippen molar-refractivity contribution in [1.29, 1.82) is 0 Å². The van der Waals surface area contributed by atoms with E-state index in [1.807, 2.05) is 0 Å². The maximum atomic E-state index is 13.6. The Morgan fingerprint density at radius 2 is 2.33 bits per heavy atom. The molecular weight excluding hydrogens is 255 g/mol. The number of halogens is 1. The summed E-state index contributed by atoms with van der Waals surface area (Å²) in [6.07, 6.45) is 2.14. The topological polar surface area (TPSA) is 59.2 Å². The minimum Gasteiger partial charge on any atom is -0.507 e. The largest absolute Gasteiger partial charge is 0.507 e. The van der Waals surface area contributed by atoms with Crippen LogP contribution in [0.1, 0.15) is 23.9 Å². The molecule has 0 amide bonds. The van der Waals surface area contributed by atoms with Crippen molar-refractivity contribution in [2.45, 2.75) is 18.1 Å². The number of hydrogen-bond acceptors (Lipinski definition) is 5. The molecule has 1 aliphatic rings. The van der Waals surface area contributed by atoms with E-state index in [1.54, 1.807) is 11.8 Å². The van der Waals surface area contributed by atoms with Crippen LogP contribution in [0.3, 0.4) is 0 Å². The summed E-state index contributed by atoms with van der Waals surface area (Å²) in [5, 5.41) is 13.7. The number of rotatable bonds is 2. The van der Waals surface area contributed by atoms with Crippen molar-refractivity contribution < 1.29 is 14.0 Å². The Balaban J connectivity index is 1.97. The monoisotopic (exact) mass is 266 g/mol. The first-order valence-corrected chi connectivity index (χ1v) is 6.73. The molecule has 18 heavy (non-hydrogen) atoms. The van der Waals surface area contributed by atoms with E-state index in [4.69, 9.17) is 4.52 Å². The average molecular weight is 266 g/mol. The lowest BCUT2D eigenvalue weighted by atomic mass is 10.2. The minimum absolute atomic E-state index is 0.0285. The van der Waals surface area contributed by atoms with E-state index in [0.717, 1.165) is 18.6 Å². The zero-order valence-electron chi connectivity index (χ0n) is 9.47. The molecule has 94 valence electrons. The van der Waals surface area contributed by atoms with Crippen LogP contribution in [0, 0.1) is 5.82 Å². The molecule has 1 aromatic heterocycles. The van der Waals surface area contributed by atoms with Gasteiger partial charge in [0.1, 0.15) is 17.1 Å². The number of benzene rings is 1. The molecule has 1 aromatic carbocycles. The van der Waals surface area contributed by atoms with Crippen molar-refractivity contribution in [3.63, 3.8) is 0 Å². The highest BCUT2D eigenvalue weighted by molar-refractivity contribution is 7.99. The fourth-order valence-electron chi connectivity index (χ4n) is 1.97. The molecule has 1 N–H and O–H groups in total. The van der Waals surface area contributed by atoms with Gasteiger partial charge in [-0.1, -0.05) is 11.2 Å². The van der Waals surface area contributed by atoms with Crippen LogP contribution in [0.25, 0.3) is 11.5 Å². The Morgan fingerprint density at radius 3 is 3.06 bits per heavy atom. The Labute approximate surface area is 107 Å². The van der Waals surface area contributed by atoms with E-state index in [0.29, 0.717) is 5.82 Å². The predicted octanol–water partition coefficient (Wildman–Crippen LogP) is 3.15. The second-order valence-electron chi connectivity index (χ2n) is 4.09. The van der Waals surface area contributed by atoms with Gasteiger partial charge >= 0.3 is 0 Å². The molecule has 2 heterocycles. The standard InChI is InChI=1S/C12H11FN2O2S/c13-7-3-1-4-8(16)10(7)12-14-11(15-17-12)9-5-2-6-18-9/h1,3-4,9,16H,2,5-6H2. The van der Waals surface area contributed by atoms with Crippen LogP contribution in [0.15, 0.2) is 22.7 Å². The Bertz CT molecular complexity index is 547.